The van der Waals surface area contributed by atoms with Gasteiger partial charge >= 0.3 is 0 Å². The number of ketones is 1. The number of fused-ring (bicyclic) bond motifs is 9. The smallest absolute Gasteiger partial charge is 0.213 e. The zero-order chi connectivity index (χ0) is 26.4. The first-order valence-corrected chi connectivity index (χ1v) is 13.0. The molecule has 7 aromatic rings. The van der Waals surface area contributed by atoms with Gasteiger partial charge in [0, 0.05) is 47.2 Å². The number of aromatic nitrogens is 3. The lowest BCUT2D eigenvalue weighted by atomic mass is 10.1. The summed E-state index contributed by atoms with van der Waals surface area (Å²) in [5, 5.41) is 7.35. The highest BCUT2D eigenvalue weighted by Gasteiger charge is 2.22. The van der Waals surface area contributed by atoms with Crippen LogP contribution in [0.15, 0.2) is 103 Å². The summed E-state index contributed by atoms with van der Waals surface area (Å²) in [5.74, 6) is 0.172. The fourth-order valence-corrected chi connectivity index (χ4v) is 5.41. The minimum absolute atomic E-state index is 0. The number of aryl methyl sites for hydroxylation is 2. The van der Waals surface area contributed by atoms with Crippen LogP contribution in [0.3, 0.4) is 0 Å². The molecule has 3 heterocycles. The van der Waals surface area contributed by atoms with Crippen LogP contribution in [0, 0.1) is 13.8 Å². The molecule has 3 aromatic heterocycles. The zero-order valence-corrected chi connectivity index (χ0v) is 24.1. The van der Waals surface area contributed by atoms with E-state index in [1.807, 2.05) is 31.2 Å². The standard InChI is InChI=1S/C17H14N2.C17H16NO.BrH/c1-11-12(2)19-16-10-6-5-8-14(16)13-7-3-4-9-15(13)17(19)18-11;1-12(13(2)19)18-11-14-7-3-4-8-15(14)16-9-5-6-10-17(16)18;/h3-10H,1-2H3;3-12H,1-2H3;1H/q;+1;/p-1. The van der Waals surface area contributed by atoms with Gasteiger partial charge in [-0.3, -0.25) is 9.20 Å². The Labute approximate surface area is 238 Å². The molecule has 39 heavy (non-hydrogen) atoms. The van der Waals surface area contributed by atoms with Crippen molar-refractivity contribution >= 4 is 54.8 Å². The number of para-hydroxylation sites is 2. The first kappa shape index (κ1) is 26.5. The summed E-state index contributed by atoms with van der Waals surface area (Å²) < 4.78 is 4.34. The number of benzene rings is 4. The van der Waals surface area contributed by atoms with Gasteiger partial charge in [0.2, 0.25) is 11.6 Å². The zero-order valence-electron chi connectivity index (χ0n) is 22.5. The van der Waals surface area contributed by atoms with Crippen LogP contribution in [0.2, 0.25) is 0 Å². The minimum atomic E-state index is -0.144. The van der Waals surface area contributed by atoms with Crippen LogP contribution in [-0.4, -0.2) is 15.2 Å². The number of imidazole rings is 1. The molecule has 1 unspecified atom stereocenters. The highest BCUT2D eigenvalue weighted by molar-refractivity contribution is 6.11. The van der Waals surface area contributed by atoms with E-state index in [0.717, 1.165) is 22.2 Å². The van der Waals surface area contributed by atoms with Crippen LogP contribution >= 0.6 is 0 Å². The lowest BCUT2D eigenvalue weighted by Gasteiger charge is -2.08. The van der Waals surface area contributed by atoms with Crippen LogP contribution < -0.4 is 21.5 Å². The molecule has 0 saturated carbocycles. The maximum Gasteiger partial charge on any atom is 0.213 e. The molecule has 0 aliphatic carbocycles. The Morgan fingerprint density at radius 1 is 0.744 bits per heavy atom. The number of hydrogen-bond acceptors (Lipinski definition) is 2. The fraction of sp³-hybridized carbons (Fsp3) is 0.147. The van der Waals surface area contributed by atoms with E-state index >= 15 is 0 Å². The monoisotopic (exact) mass is 575 g/mol. The summed E-state index contributed by atoms with van der Waals surface area (Å²) in [6.07, 6.45) is 2.07. The number of carbonyl (C=O) groups is 1. The second kappa shape index (κ2) is 10.6. The van der Waals surface area contributed by atoms with Crippen LogP contribution in [0.5, 0.6) is 0 Å². The highest BCUT2D eigenvalue weighted by Crippen LogP contribution is 2.30. The molecule has 0 bridgehead atoms. The van der Waals surface area contributed by atoms with Gasteiger partial charge < -0.3 is 17.0 Å². The van der Waals surface area contributed by atoms with E-state index in [2.05, 4.69) is 102 Å². The third-order valence-corrected chi connectivity index (χ3v) is 7.66. The van der Waals surface area contributed by atoms with Crippen molar-refractivity contribution in [3.8, 4) is 0 Å². The molecular weight excluding hydrogens is 546 g/mol. The first-order valence-electron chi connectivity index (χ1n) is 13.0. The van der Waals surface area contributed by atoms with Gasteiger partial charge in [0.25, 0.3) is 0 Å². The second-order valence-electron chi connectivity index (χ2n) is 9.93. The summed E-state index contributed by atoms with van der Waals surface area (Å²) >= 11 is 0. The minimum Gasteiger partial charge on any atom is -1.00 e. The third kappa shape index (κ3) is 4.47. The Morgan fingerprint density at radius 3 is 2.03 bits per heavy atom. The lowest BCUT2D eigenvalue weighted by Crippen LogP contribution is -3.00. The quantitative estimate of drug-likeness (QED) is 0.221. The molecule has 1 atom stereocenters. The Hall–Kier alpha value is -4.09. The molecule has 0 radical (unpaired) electrons. The highest BCUT2D eigenvalue weighted by atomic mass is 79.9. The van der Waals surface area contributed by atoms with Crippen molar-refractivity contribution in [3.63, 3.8) is 0 Å². The molecule has 0 aliphatic heterocycles. The molecule has 4 nitrogen and oxygen atoms in total. The normalized spacial score (nSPS) is 11.9. The summed E-state index contributed by atoms with van der Waals surface area (Å²) in [6, 6.07) is 33.4. The van der Waals surface area contributed by atoms with Gasteiger partial charge in [0.1, 0.15) is 5.65 Å². The Bertz CT molecular complexity index is 2010. The summed E-state index contributed by atoms with van der Waals surface area (Å²) in [6.45, 7) is 7.80. The van der Waals surface area contributed by atoms with E-state index in [1.54, 1.807) is 6.92 Å². The predicted octanol–water partition coefficient (Wildman–Crippen LogP) is 4.69. The molecule has 0 amide bonds. The van der Waals surface area contributed by atoms with Crippen molar-refractivity contribution in [1.29, 1.82) is 0 Å². The summed E-state index contributed by atoms with van der Waals surface area (Å²) in [5.41, 5.74) is 5.71. The summed E-state index contributed by atoms with van der Waals surface area (Å²) in [7, 11) is 0. The van der Waals surface area contributed by atoms with E-state index < -0.39 is 0 Å². The number of hydrogen-bond donors (Lipinski definition) is 0. The average Bonchev–Trinajstić information content (AvgIpc) is 3.26. The van der Waals surface area contributed by atoms with Gasteiger partial charge in [-0.05, 0) is 37.4 Å². The number of carbonyl (C=O) groups excluding carboxylic acids is 1. The molecule has 0 fully saturated rings. The summed E-state index contributed by atoms with van der Waals surface area (Å²) in [4.78, 5) is 16.5. The van der Waals surface area contributed by atoms with Gasteiger partial charge in [0.05, 0.1) is 16.6 Å². The number of halogens is 1. The molecule has 0 N–H and O–H groups in total. The number of pyridine rings is 2. The molecule has 194 valence electrons. The van der Waals surface area contributed by atoms with Crippen LogP contribution in [0.4, 0.5) is 0 Å². The Balaban J connectivity index is 0.000000154. The largest absolute Gasteiger partial charge is 1.00 e. The maximum absolute atomic E-state index is 11.7. The third-order valence-electron chi connectivity index (χ3n) is 7.66. The molecule has 5 heteroatoms. The van der Waals surface area contributed by atoms with Gasteiger partial charge in [-0.2, -0.15) is 4.57 Å². The lowest BCUT2D eigenvalue weighted by molar-refractivity contribution is -0.679. The van der Waals surface area contributed by atoms with Crippen LogP contribution in [0.1, 0.15) is 31.3 Å². The van der Waals surface area contributed by atoms with Gasteiger partial charge in [-0.15, -0.1) is 0 Å². The van der Waals surface area contributed by atoms with E-state index in [0.29, 0.717) is 0 Å². The van der Waals surface area contributed by atoms with Gasteiger partial charge in [-0.1, -0.05) is 72.8 Å². The van der Waals surface area contributed by atoms with Crippen molar-refractivity contribution in [2.75, 3.05) is 0 Å². The maximum atomic E-state index is 11.7. The van der Waals surface area contributed by atoms with Gasteiger partial charge in [-0.25, -0.2) is 4.98 Å². The molecule has 0 aliphatic rings. The molecule has 7 rings (SSSR count). The Kier molecular flexibility index (Phi) is 7.19. The number of nitrogens with zero attached hydrogens (tertiary/aromatic N) is 3. The molecule has 0 spiro atoms. The fourth-order valence-electron chi connectivity index (χ4n) is 5.41. The van der Waals surface area contributed by atoms with E-state index in [4.69, 9.17) is 4.98 Å². The van der Waals surface area contributed by atoms with Crippen molar-refractivity contribution in [2.24, 2.45) is 0 Å². The number of rotatable bonds is 2. The van der Waals surface area contributed by atoms with Crippen molar-refractivity contribution in [2.45, 2.75) is 33.7 Å². The van der Waals surface area contributed by atoms with Crippen LogP contribution in [0.25, 0.3) is 49.0 Å². The van der Waals surface area contributed by atoms with Crippen LogP contribution in [-0.2, 0) is 4.79 Å². The van der Waals surface area contributed by atoms with Crippen molar-refractivity contribution in [3.05, 3.63) is 115 Å². The van der Waals surface area contributed by atoms with E-state index in [9.17, 15) is 4.79 Å². The van der Waals surface area contributed by atoms with Crippen molar-refractivity contribution < 1.29 is 26.3 Å². The van der Waals surface area contributed by atoms with E-state index in [-0.39, 0.29) is 28.8 Å². The predicted molar refractivity (Wildman–Crippen MR) is 157 cm³/mol. The topological polar surface area (TPSA) is 38.2 Å². The van der Waals surface area contributed by atoms with Crippen molar-refractivity contribution in [1.82, 2.24) is 9.38 Å². The molecule has 4 aromatic carbocycles. The van der Waals surface area contributed by atoms with Gasteiger partial charge in [0.15, 0.2) is 12.0 Å². The second-order valence-corrected chi connectivity index (χ2v) is 9.93. The Morgan fingerprint density at radius 2 is 1.31 bits per heavy atom. The molecule has 0 saturated heterocycles. The average molecular weight is 577 g/mol. The first-order chi connectivity index (χ1) is 18.5. The van der Waals surface area contributed by atoms with E-state index in [1.165, 1.54) is 38.1 Å². The number of Topliss-reactive ketones (excluding diaryl/α,β-unsaturated/α-hetero) is 1. The molecular formula is C34H30BrN3O. The SMILES string of the molecule is CC(=O)C(C)[n+]1cc2ccccc2c2ccccc21.Cc1nc2c3ccccc3c3ccccc3n2c1C.[Br-].